The highest BCUT2D eigenvalue weighted by atomic mass is 19.1. The van der Waals surface area contributed by atoms with Crippen molar-refractivity contribution in [3.8, 4) is 0 Å². The first kappa shape index (κ1) is 13.4. The van der Waals surface area contributed by atoms with E-state index in [2.05, 4.69) is 5.32 Å². The highest BCUT2D eigenvalue weighted by molar-refractivity contribution is 6.06. The molecule has 1 fully saturated rings. The lowest BCUT2D eigenvalue weighted by molar-refractivity contribution is 0.150. The van der Waals surface area contributed by atoms with Crippen LogP contribution in [0, 0.1) is 17.0 Å². The van der Waals surface area contributed by atoms with E-state index in [0.717, 1.165) is 12.1 Å². The van der Waals surface area contributed by atoms with Crippen molar-refractivity contribution >= 4 is 11.9 Å². The van der Waals surface area contributed by atoms with Crippen LogP contribution in [-0.2, 0) is 4.74 Å². The van der Waals surface area contributed by atoms with Gasteiger partial charge in [0.1, 0.15) is 23.5 Å². The molecule has 1 aliphatic rings. The molecule has 1 heterocycles. The molecule has 19 heavy (non-hydrogen) atoms. The molecule has 0 aliphatic carbocycles. The van der Waals surface area contributed by atoms with Crippen LogP contribution in [0.3, 0.4) is 0 Å². The monoisotopic (exact) mass is 269 g/mol. The first-order valence-electron chi connectivity index (χ1n) is 5.64. The summed E-state index contributed by atoms with van der Waals surface area (Å²) in [5.74, 6) is -1.62. The molecule has 2 N–H and O–H groups in total. The predicted octanol–water partition coefficient (Wildman–Crippen LogP) is 1.65. The molecule has 5 nitrogen and oxygen atoms in total. The minimum atomic E-state index is -0.872. The van der Waals surface area contributed by atoms with E-state index in [1.54, 1.807) is 0 Å². The van der Waals surface area contributed by atoms with Gasteiger partial charge in [-0.25, -0.2) is 13.6 Å². The van der Waals surface area contributed by atoms with Crippen molar-refractivity contribution in [1.82, 2.24) is 10.2 Å². The van der Waals surface area contributed by atoms with Gasteiger partial charge in [0, 0.05) is 25.3 Å². The SMILES string of the molecule is COCCN1C(=O)NC(=N)C1c1ccc(F)cc1F. The van der Waals surface area contributed by atoms with Crippen molar-refractivity contribution in [3.63, 3.8) is 0 Å². The lowest BCUT2D eigenvalue weighted by Crippen LogP contribution is -2.33. The molecule has 7 heteroatoms. The fourth-order valence-corrected chi connectivity index (χ4v) is 2.00. The van der Waals surface area contributed by atoms with Crippen LogP contribution < -0.4 is 5.32 Å². The minimum Gasteiger partial charge on any atom is -0.383 e. The van der Waals surface area contributed by atoms with Gasteiger partial charge in [-0.15, -0.1) is 0 Å². The van der Waals surface area contributed by atoms with Crippen molar-refractivity contribution in [1.29, 1.82) is 5.41 Å². The number of amides is 2. The van der Waals surface area contributed by atoms with Crippen LogP contribution in [-0.4, -0.2) is 37.0 Å². The van der Waals surface area contributed by atoms with Gasteiger partial charge in [0.2, 0.25) is 0 Å². The number of hydrogen-bond donors (Lipinski definition) is 2. The summed E-state index contributed by atoms with van der Waals surface area (Å²) in [7, 11) is 1.48. The maximum Gasteiger partial charge on any atom is 0.323 e. The van der Waals surface area contributed by atoms with Gasteiger partial charge in [-0.2, -0.15) is 0 Å². The topological polar surface area (TPSA) is 65.4 Å². The van der Waals surface area contributed by atoms with E-state index >= 15 is 0 Å². The van der Waals surface area contributed by atoms with Crippen LogP contribution in [0.2, 0.25) is 0 Å². The van der Waals surface area contributed by atoms with E-state index in [1.165, 1.54) is 18.1 Å². The van der Waals surface area contributed by atoms with Gasteiger partial charge in [0.05, 0.1) is 6.61 Å². The van der Waals surface area contributed by atoms with Gasteiger partial charge in [-0.3, -0.25) is 10.7 Å². The summed E-state index contributed by atoms with van der Waals surface area (Å²) in [5, 5.41) is 10.0. The Balaban J connectivity index is 2.33. The van der Waals surface area contributed by atoms with E-state index < -0.39 is 23.7 Å². The van der Waals surface area contributed by atoms with Gasteiger partial charge in [-0.1, -0.05) is 6.07 Å². The molecular weight excluding hydrogens is 256 g/mol. The molecule has 1 atom stereocenters. The number of hydrogen-bond acceptors (Lipinski definition) is 3. The van der Waals surface area contributed by atoms with E-state index in [0.29, 0.717) is 0 Å². The molecule has 0 spiro atoms. The number of nitrogens with zero attached hydrogens (tertiary/aromatic N) is 1. The smallest absolute Gasteiger partial charge is 0.323 e. The Morgan fingerprint density at radius 3 is 2.84 bits per heavy atom. The summed E-state index contributed by atoms with van der Waals surface area (Å²) in [6, 6.07) is 1.71. The number of nitrogens with one attached hydrogen (secondary N) is 2. The average molecular weight is 269 g/mol. The third-order valence-electron chi connectivity index (χ3n) is 2.88. The fourth-order valence-electron chi connectivity index (χ4n) is 2.00. The zero-order valence-corrected chi connectivity index (χ0v) is 10.2. The Bertz CT molecular complexity index is 522. The fraction of sp³-hybridized carbons (Fsp3) is 0.333. The van der Waals surface area contributed by atoms with E-state index in [9.17, 15) is 13.6 Å². The third kappa shape index (κ3) is 2.55. The van der Waals surface area contributed by atoms with Crippen LogP contribution >= 0.6 is 0 Å². The zero-order chi connectivity index (χ0) is 14.0. The number of halogens is 2. The molecule has 0 radical (unpaired) electrons. The molecule has 1 saturated heterocycles. The second kappa shape index (κ2) is 5.31. The summed E-state index contributed by atoms with van der Waals surface area (Å²) in [6.07, 6.45) is 0. The van der Waals surface area contributed by atoms with Crippen LogP contribution in [0.4, 0.5) is 13.6 Å². The molecule has 0 saturated carbocycles. The maximum absolute atomic E-state index is 13.8. The Kier molecular flexibility index (Phi) is 3.75. The summed E-state index contributed by atoms with van der Waals surface area (Å²) >= 11 is 0. The molecule has 1 aromatic carbocycles. The van der Waals surface area contributed by atoms with E-state index in [1.807, 2.05) is 0 Å². The first-order chi connectivity index (χ1) is 9.04. The number of carbonyl (C=O) groups is 1. The Morgan fingerprint density at radius 1 is 1.47 bits per heavy atom. The zero-order valence-electron chi connectivity index (χ0n) is 10.2. The standard InChI is InChI=1S/C12H13F2N3O2/c1-19-5-4-17-10(11(15)16-12(17)18)8-3-2-7(13)6-9(8)14/h2-3,6,10H,4-5H2,1H3,(H2,15,16,18). The lowest BCUT2D eigenvalue weighted by Gasteiger charge is -2.22. The second-order valence-corrected chi connectivity index (χ2v) is 4.10. The molecule has 1 aromatic rings. The number of ether oxygens (including phenoxy) is 1. The molecule has 1 aliphatic heterocycles. The Hall–Kier alpha value is -2.02. The van der Waals surface area contributed by atoms with Crippen LogP contribution in [0.15, 0.2) is 18.2 Å². The molecule has 2 amide bonds. The summed E-state index contributed by atoms with van der Waals surface area (Å²) < 4.78 is 31.5. The molecule has 2 rings (SSSR count). The predicted molar refractivity (Wildman–Crippen MR) is 63.9 cm³/mol. The molecule has 0 aromatic heterocycles. The highest BCUT2D eigenvalue weighted by Crippen LogP contribution is 2.28. The lowest BCUT2D eigenvalue weighted by atomic mass is 10.0. The number of rotatable bonds is 4. The number of benzene rings is 1. The van der Waals surface area contributed by atoms with E-state index in [4.69, 9.17) is 10.1 Å². The number of urea groups is 1. The normalized spacial score (nSPS) is 18.9. The average Bonchev–Trinajstić information content (AvgIpc) is 2.62. The van der Waals surface area contributed by atoms with Crippen molar-refractivity contribution < 1.29 is 18.3 Å². The van der Waals surface area contributed by atoms with Crippen molar-refractivity contribution in [2.45, 2.75) is 6.04 Å². The van der Waals surface area contributed by atoms with Crippen LogP contribution in [0.1, 0.15) is 11.6 Å². The minimum absolute atomic E-state index is 0.0841. The van der Waals surface area contributed by atoms with Gasteiger partial charge in [0.25, 0.3) is 0 Å². The summed E-state index contributed by atoms with van der Waals surface area (Å²) in [6.45, 7) is 0.478. The van der Waals surface area contributed by atoms with Crippen LogP contribution in [0.5, 0.6) is 0 Å². The number of carbonyl (C=O) groups excluding carboxylic acids is 1. The number of amidine groups is 1. The third-order valence-corrected chi connectivity index (χ3v) is 2.88. The second-order valence-electron chi connectivity index (χ2n) is 4.10. The largest absolute Gasteiger partial charge is 0.383 e. The Labute approximate surface area is 108 Å². The molecule has 1 unspecified atom stereocenters. The highest BCUT2D eigenvalue weighted by Gasteiger charge is 2.37. The van der Waals surface area contributed by atoms with Gasteiger partial charge in [-0.05, 0) is 6.07 Å². The molecule has 0 bridgehead atoms. The Morgan fingerprint density at radius 2 is 2.21 bits per heavy atom. The van der Waals surface area contributed by atoms with Gasteiger partial charge >= 0.3 is 6.03 Å². The van der Waals surface area contributed by atoms with Gasteiger partial charge < -0.3 is 9.64 Å². The summed E-state index contributed by atoms with van der Waals surface area (Å²) in [4.78, 5) is 13.0. The number of methoxy groups -OCH3 is 1. The first-order valence-corrected chi connectivity index (χ1v) is 5.64. The van der Waals surface area contributed by atoms with Crippen LogP contribution in [0.25, 0.3) is 0 Å². The van der Waals surface area contributed by atoms with E-state index in [-0.39, 0.29) is 24.6 Å². The van der Waals surface area contributed by atoms with Gasteiger partial charge in [0.15, 0.2) is 0 Å². The quantitative estimate of drug-likeness (QED) is 0.873. The maximum atomic E-state index is 13.8. The van der Waals surface area contributed by atoms with Crippen molar-refractivity contribution in [2.24, 2.45) is 0 Å². The molecular formula is C12H13F2N3O2. The van der Waals surface area contributed by atoms with Crippen molar-refractivity contribution in [2.75, 3.05) is 20.3 Å². The molecule has 102 valence electrons. The summed E-state index contributed by atoms with van der Waals surface area (Å²) in [5.41, 5.74) is 0.0841. The van der Waals surface area contributed by atoms with Crippen molar-refractivity contribution in [3.05, 3.63) is 35.4 Å².